The van der Waals surface area contributed by atoms with E-state index in [9.17, 15) is 0 Å². The maximum absolute atomic E-state index is 2.47. The van der Waals surface area contributed by atoms with E-state index in [-0.39, 0.29) is 19.2 Å². The topological polar surface area (TPSA) is 0 Å². The predicted octanol–water partition coefficient (Wildman–Crippen LogP) is 4.46. The molecular weight excluding hydrogens is 228 g/mol. The van der Waals surface area contributed by atoms with Gasteiger partial charge in [-0.2, -0.15) is 0 Å². The van der Waals surface area contributed by atoms with E-state index < -0.39 is 0 Å². The van der Waals surface area contributed by atoms with Crippen molar-refractivity contribution >= 4 is 0 Å². The summed E-state index contributed by atoms with van der Waals surface area (Å²) in [5.41, 5.74) is 3.92. The van der Waals surface area contributed by atoms with Crippen molar-refractivity contribution in [1.29, 1.82) is 0 Å². The van der Waals surface area contributed by atoms with Crippen LogP contribution in [-0.4, -0.2) is 0 Å². The van der Waals surface area contributed by atoms with Crippen LogP contribution in [-0.2, 0) is 19.2 Å². The third-order valence-corrected chi connectivity index (χ3v) is 8.86. The Hall–Kier alpha value is -0.326. The Labute approximate surface area is 107 Å². The molecule has 0 nitrogen and oxygen atoms in total. The van der Waals surface area contributed by atoms with Gasteiger partial charge in [0.15, 0.2) is 0 Å². The van der Waals surface area contributed by atoms with Crippen molar-refractivity contribution in [3.05, 3.63) is 47.6 Å². The van der Waals surface area contributed by atoms with Gasteiger partial charge in [0.05, 0.1) is 0 Å². The second-order valence-corrected chi connectivity index (χ2v) is 7.91. The van der Waals surface area contributed by atoms with Gasteiger partial charge in [0.2, 0.25) is 0 Å². The molecule has 0 aromatic heterocycles. The molecule has 1 fully saturated rings. The van der Waals surface area contributed by atoms with E-state index in [4.69, 9.17) is 0 Å². The molecule has 3 aliphatic rings. The molecule has 0 spiro atoms. The zero-order valence-corrected chi connectivity index (χ0v) is 11.6. The van der Waals surface area contributed by atoms with Gasteiger partial charge in [-0.3, -0.25) is 0 Å². The van der Waals surface area contributed by atoms with Gasteiger partial charge in [0.1, 0.15) is 0 Å². The molecule has 0 N–H and O–H groups in total. The van der Waals surface area contributed by atoms with E-state index in [1.165, 1.54) is 17.6 Å². The summed E-state index contributed by atoms with van der Waals surface area (Å²) in [6, 6.07) is 0. The van der Waals surface area contributed by atoms with Crippen LogP contribution >= 0.6 is 0 Å². The van der Waals surface area contributed by atoms with E-state index in [2.05, 4.69) is 50.3 Å². The first-order valence-electron chi connectivity index (χ1n) is 6.14. The first kappa shape index (κ1) is 10.8. The fraction of sp³-hybridized carbons (Fsp3) is 0.467. The molecule has 82 valence electrons. The van der Waals surface area contributed by atoms with Gasteiger partial charge >= 0.3 is 107 Å². The van der Waals surface area contributed by atoms with Crippen LogP contribution in [0.4, 0.5) is 0 Å². The van der Waals surface area contributed by atoms with E-state index in [1.807, 2.05) is 0 Å². The summed E-state index contributed by atoms with van der Waals surface area (Å²) in [5.74, 6) is 0. The molecular formula is C15H18Ti. The van der Waals surface area contributed by atoms with Crippen molar-refractivity contribution in [1.82, 2.24) is 0 Å². The minimum atomic E-state index is 0.164. The molecule has 2 aliphatic carbocycles. The molecule has 0 amide bonds. The fourth-order valence-electron chi connectivity index (χ4n) is 3.37. The summed E-state index contributed by atoms with van der Waals surface area (Å²) in [6.07, 6.45) is 16.3. The van der Waals surface area contributed by atoms with Gasteiger partial charge in [-0.25, -0.2) is 0 Å². The summed E-state index contributed by atoms with van der Waals surface area (Å²) < 4.78 is 1.99. The zero-order chi connectivity index (χ0) is 11.2. The minimum absolute atomic E-state index is 0.164. The van der Waals surface area contributed by atoms with E-state index >= 15 is 0 Å². The molecule has 1 aliphatic heterocycles. The van der Waals surface area contributed by atoms with Crippen LogP contribution in [0.15, 0.2) is 47.6 Å². The average Bonchev–Trinajstić information content (AvgIpc) is 2.89. The Morgan fingerprint density at radius 2 is 1.56 bits per heavy atom. The average molecular weight is 246 g/mol. The van der Waals surface area contributed by atoms with Crippen LogP contribution in [0.2, 0.25) is 8.45 Å². The fourth-order valence-corrected chi connectivity index (χ4v) is 6.59. The molecule has 0 radical (unpaired) electrons. The zero-order valence-electron chi connectivity index (χ0n) is 10.1. The number of hydrogen-bond donors (Lipinski definition) is 0. The van der Waals surface area contributed by atoms with Crippen LogP contribution in [0, 0.1) is 5.41 Å². The Morgan fingerprint density at radius 3 is 1.81 bits per heavy atom. The van der Waals surface area contributed by atoms with Gasteiger partial charge in [-0.15, -0.1) is 0 Å². The Morgan fingerprint density at radius 1 is 1.00 bits per heavy atom. The van der Waals surface area contributed by atoms with Crippen LogP contribution in [0.1, 0.15) is 26.7 Å². The van der Waals surface area contributed by atoms with Gasteiger partial charge in [-0.05, 0) is 0 Å². The quantitative estimate of drug-likeness (QED) is 0.631. The Balaban J connectivity index is 2.02. The number of allylic oxidation sites excluding steroid dienone is 8. The molecule has 1 saturated heterocycles. The van der Waals surface area contributed by atoms with Gasteiger partial charge in [0, 0.05) is 0 Å². The predicted molar refractivity (Wildman–Crippen MR) is 65.0 cm³/mol. The number of hydrogen-bond acceptors (Lipinski definition) is 0. The first-order valence-corrected chi connectivity index (χ1v) is 8.03. The van der Waals surface area contributed by atoms with Crippen LogP contribution < -0.4 is 0 Å². The standard InChI is InChI=1S/C15H18.Ti/c1-15(2,3)14(12-8-4-5-9-12)13-10-6-7-11-13;/h4-8,10H,1,9,11H2,2-3H3;. The normalized spacial score (nSPS) is 28.4. The van der Waals surface area contributed by atoms with E-state index in [1.54, 1.807) is 11.1 Å². The van der Waals surface area contributed by atoms with Crippen molar-refractivity contribution in [3.8, 4) is 0 Å². The molecule has 0 saturated carbocycles. The summed E-state index contributed by atoms with van der Waals surface area (Å²) in [7, 11) is 0. The van der Waals surface area contributed by atoms with E-state index in [0.29, 0.717) is 9.13 Å². The van der Waals surface area contributed by atoms with Crippen LogP contribution in [0.25, 0.3) is 0 Å². The molecule has 0 bridgehead atoms. The molecule has 3 rings (SSSR count). The third kappa shape index (κ3) is 1.26. The summed E-state index contributed by atoms with van der Waals surface area (Å²) in [5, 5.41) is 0. The monoisotopic (exact) mass is 246 g/mol. The Bertz CT molecular complexity index is 402. The molecule has 0 aromatic carbocycles. The summed E-state index contributed by atoms with van der Waals surface area (Å²) in [4.78, 5) is 0. The molecule has 0 unspecified atom stereocenters. The van der Waals surface area contributed by atoms with Crippen molar-refractivity contribution in [2.45, 2.75) is 35.1 Å². The van der Waals surface area contributed by atoms with E-state index in [0.717, 1.165) is 0 Å². The maximum atomic E-state index is 2.47. The number of rotatable bonds is 2. The Kier molecular flexibility index (Phi) is 2.42. The molecule has 0 aromatic rings. The first-order chi connectivity index (χ1) is 7.67. The summed E-state index contributed by atoms with van der Waals surface area (Å²) >= 11 is 0.164. The van der Waals surface area contributed by atoms with Gasteiger partial charge in [0.25, 0.3) is 0 Å². The van der Waals surface area contributed by atoms with Crippen LogP contribution in [0.5, 0.6) is 0 Å². The summed E-state index contributed by atoms with van der Waals surface area (Å²) in [6.45, 7) is 4.94. The molecule has 1 heteroatoms. The molecule has 0 atom stereocenters. The SMILES string of the molecule is CC1(C)[CH2][Ti][C]1(C1=CC=CC1)C1=CC=CC1. The van der Waals surface area contributed by atoms with Crippen LogP contribution in [0.3, 0.4) is 0 Å². The third-order valence-electron chi connectivity index (χ3n) is 4.32. The van der Waals surface area contributed by atoms with Crippen molar-refractivity contribution in [3.63, 3.8) is 0 Å². The molecule has 16 heavy (non-hydrogen) atoms. The second kappa shape index (κ2) is 3.58. The van der Waals surface area contributed by atoms with Crippen molar-refractivity contribution in [2.24, 2.45) is 5.41 Å². The van der Waals surface area contributed by atoms with Crippen molar-refractivity contribution < 1.29 is 19.2 Å². The second-order valence-electron chi connectivity index (χ2n) is 5.64. The van der Waals surface area contributed by atoms with Gasteiger partial charge in [-0.1, -0.05) is 0 Å². The van der Waals surface area contributed by atoms with Crippen molar-refractivity contribution in [2.75, 3.05) is 0 Å². The molecule has 1 heterocycles. The van der Waals surface area contributed by atoms with Gasteiger partial charge < -0.3 is 0 Å².